The molecule has 2 rings (SSSR count). The van der Waals surface area contributed by atoms with Gasteiger partial charge in [-0.2, -0.15) is 9.57 Å². The Balaban J connectivity index is 2.44. The summed E-state index contributed by atoms with van der Waals surface area (Å²) in [7, 11) is -3.73. The highest BCUT2D eigenvalue weighted by atomic mass is 32.2. The van der Waals surface area contributed by atoms with Gasteiger partial charge >= 0.3 is 0 Å². The number of rotatable bonds is 3. The maximum Gasteiger partial charge on any atom is 0.243 e. The van der Waals surface area contributed by atoms with Crippen molar-refractivity contribution in [2.75, 3.05) is 19.8 Å². The van der Waals surface area contributed by atoms with Gasteiger partial charge in [-0.25, -0.2) is 8.42 Å². The van der Waals surface area contributed by atoms with Crippen LogP contribution in [0.1, 0.15) is 18.1 Å². The van der Waals surface area contributed by atoms with Crippen LogP contribution in [-0.4, -0.2) is 49.7 Å². The molecule has 114 valence electrons. The van der Waals surface area contributed by atoms with Gasteiger partial charge in [0.2, 0.25) is 10.0 Å². The molecule has 1 aromatic rings. The van der Waals surface area contributed by atoms with Crippen LogP contribution in [0.5, 0.6) is 0 Å². The highest BCUT2D eigenvalue weighted by molar-refractivity contribution is 7.89. The van der Waals surface area contributed by atoms with E-state index in [0.717, 1.165) is 0 Å². The number of aryl methyl sites for hydroxylation is 1. The lowest BCUT2D eigenvalue weighted by Gasteiger charge is -2.36. The van der Waals surface area contributed by atoms with E-state index < -0.39 is 16.1 Å². The standard InChI is InChI=1S/C14H18N2O4S/c1-10-3-4-12(6-15)5-14(10)21(18,19)16-7-13(8-17)20-9-11(16)2/h3-5,11,13,17H,7-9H2,1-2H3. The van der Waals surface area contributed by atoms with Crippen LogP contribution in [0.2, 0.25) is 0 Å². The van der Waals surface area contributed by atoms with Gasteiger partial charge < -0.3 is 9.84 Å². The van der Waals surface area contributed by atoms with Gasteiger partial charge in [-0.3, -0.25) is 0 Å². The summed E-state index contributed by atoms with van der Waals surface area (Å²) < 4.78 is 32.4. The zero-order valence-electron chi connectivity index (χ0n) is 12.0. The largest absolute Gasteiger partial charge is 0.394 e. The Kier molecular flexibility index (Phi) is 4.64. The van der Waals surface area contributed by atoms with Crippen LogP contribution in [0.15, 0.2) is 23.1 Å². The number of morpholine rings is 1. The topological polar surface area (TPSA) is 90.6 Å². The Morgan fingerprint density at radius 2 is 2.24 bits per heavy atom. The predicted octanol–water partition coefficient (Wildman–Crippen LogP) is 0.637. The zero-order chi connectivity index (χ0) is 15.6. The first-order valence-corrected chi connectivity index (χ1v) is 8.09. The molecule has 0 spiro atoms. The lowest BCUT2D eigenvalue weighted by atomic mass is 10.2. The van der Waals surface area contributed by atoms with E-state index in [-0.39, 0.29) is 30.7 Å². The van der Waals surface area contributed by atoms with Crippen molar-refractivity contribution >= 4 is 10.0 Å². The van der Waals surface area contributed by atoms with Crippen LogP contribution < -0.4 is 0 Å². The van der Waals surface area contributed by atoms with Crippen LogP contribution in [0.3, 0.4) is 0 Å². The van der Waals surface area contributed by atoms with Crippen molar-refractivity contribution in [3.05, 3.63) is 29.3 Å². The molecule has 1 aliphatic rings. The van der Waals surface area contributed by atoms with Crippen molar-refractivity contribution in [3.63, 3.8) is 0 Å². The molecule has 6 nitrogen and oxygen atoms in total. The van der Waals surface area contributed by atoms with E-state index in [4.69, 9.17) is 10.00 Å². The number of hydrogen-bond donors (Lipinski definition) is 1. The molecule has 0 amide bonds. The SMILES string of the molecule is Cc1ccc(C#N)cc1S(=O)(=O)N1CC(CO)OCC1C. The fourth-order valence-electron chi connectivity index (χ4n) is 2.31. The number of benzene rings is 1. The summed E-state index contributed by atoms with van der Waals surface area (Å²) in [5.74, 6) is 0. The molecule has 0 saturated carbocycles. The van der Waals surface area contributed by atoms with Gasteiger partial charge in [-0.15, -0.1) is 0 Å². The van der Waals surface area contributed by atoms with Crippen molar-refractivity contribution in [1.29, 1.82) is 5.26 Å². The van der Waals surface area contributed by atoms with Crippen LogP contribution in [0.4, 0.5) is 0 Å². The number of nitriles is 1. The van der Waals surface area contributed by atoms with Crippen molar-refractivity contribution in [2.45, 2.75) is 30.9 Å². The Morgan fingerprint density at radius 3 is 2.86 bits per heavy atom. The second-order valence-corrected chi connectivity index (χ2v) is 7.01. The van der Waals surface area contributed by atoms with E-state index in [9.17, 15) is 13.5 Å². The third kappa shape index (κ3) is 3.09. The van der Waals surface area contributed by atoms with Crippen LogP contribution >= 0.6 is 0 Å². The van der Waals surface area contributed by atoms with Crippen molar-refractivity contribution in [1.82, 2.24) is 4.31 Å². The van der Waals surface area contributed by atoms with Gasteiger partial charge in [0.15, 0.2) is 0 Å². The molecule has 21 heavy (non-hydrogen) atoms. The van der Waals surface area contributed by atoms with E-state index in [1.807, 2.05) is 6.07 Å². The Hall–Kier alpha value is -1.46. The Labute approximate surface area is 124 Å². The summed E-state index contributed by atoms with van der Waals surface area (Å²) in [6, 6.07) is 6.24. The van der Waals surface area contributed by atoms with Crippen LogP contribution in [0, 0.1) is 18.3 Å². The zero-order valence-corrected chi connectivity index (χ0v) is 12.8. The first-order chi connectivity index (χ1) is 9.90. The quantitative estimate of drug-likeness (QED) is 0.884. The van der Waals surface area contributed by atoms with Gasteiger partial charge in [-0.05, 0) is 31.5 Å². The molecular weight excluding hydrogens is 292 g/mol. The van der Waals surface area contributed by atoms with Gasteiger partial charge in [-0.1, -0.05) is 6.07 Å². The molecule has 0 aromatic heterocycles. The highest BCUT2D eigenvalue weighted by Crippen LogP contribution is 2.25. The summed E-state index contributed by atoms with van der Waals surface area (Å²) in [4.78, 5) is 0.131. The lowest BCUT2D eigenvalue weighted by Crippen LogP contribution is -2.51. The summed E-state index contributed by atoms with van der Waals surface area (Å²) in [5, 5.41) is 18.1. The molecule has 1 heterocycles. The highest BCUT2D eigenvalue weighted by Gasteiger charge is 2.36. The van der Waals surface area contributed by atoms with Crippen molar-refractivity contribution in [3.8, 4) is 6.07 Å². The average Bonchev–Trinajstić information content (AvgIpc) is 2.48. The third-order valence-electron chi connectivity index (χ3n) is 3.56. The molecule has 1 aromatic carbocycles. The second kappa shape index (κ2) is 6.12. The summed E-state index contributed by atoms with van der Waals surface area (Å²) in [6.07, 6.45) is -0.518. The summed E-state index contributed by atoms with van der Waals surface area (Å²) in [6.45, 7) is 3.57. The Bertz CT molecular complexity index is 666. The minimum absolute atomic E-state index is 0.107. The number of ether oxygens (including phenoxy) is 1. The van der Waals surface area contributed by atoms with E-state index in [1.54, 1.807) is 26.0 Å². The van der Waals surface area contributed by atoms with Gasteiger partial charge in [0, 0.05) is 12.6 Å². The molecule has 0 bridgehead atoms. The number of sulfonamides is 1. The molecule has 2 unspecified atom stereocenters. The van der Waals surface area contributed by atoms with Crippen molar-refractivity contribution in [2.24, 2.45) is 0 Å². The maximum absolute atomic E-state index is 12.8. The average molecular weight is 310 g/mol. The lowest BCUT2D eigenvalue weighted by molar-refractivity contribution is -0.0516. The fourth-order valence-corrected chi connectivity index (χ4v) is 4.21. The normalized spacial score (nSPS) is 23.7. The van der Waals surface area contributed by atoms with Gasteiger partial charge in [0.1, 0.15) is 0 Å². The fraction of sp³-hybridized carbons (Fsp3) is 0.500. The number of hydrogen-bond acceptors (Lipinski definition) is 5. The molecule has 0 aliphatic carbocycles. The van der Waals surface area contributed by atoms with E-state index in [2.05, 4.69) is 0 Å². The summed E-state index contributed by atoms with van der Waals surface area (Å²) >= 11 is 0. The molecule has 0 radical (unpaired) electrons. The monoisotopic (exact) mass is 310 g/mol. The minimum Gasteiger partial charge on any atom is -0.394 e. The van der Waals surface area contributed by atoms with Crippen LogP contribution in [-0.2, 0) is 14.8 Å². The summed E-state index contributed by atoms with van der Waals surface area (Å²) in [5.41, 5.74) is 0.895. The number of aliphatic hydroxyl groups excluding tert-OH is 1. The second-order valence-electron chi connectivity index (χ2n) is 5.15. The predicted molar refractivity (Wildman–Crippen MR) is 76.1 cm³/mol. The van der Waals surface area contributed by atoms with E-state index in [0.29, 0.717) is 11.1 Å². The molecule has 1 saturated heterocycles. The minimum atomic E-state index is -3.73. The van der Waals surface area contributed by atoms with Gasteiger partial charge in [0.25, 0.3) is 0 Å². The molecule has 2 atom stereocenters. The first kappa shape index (κ1) is 15.9. The van der Waals surface area contributed by atoms with Gasteiger partial charge in [0.05, 0.1) is 35.8 Å². The van der Waals surface area contributed by atoms with Crippen LogP contribution in [0.25, 0.3) is 0 Å². The molecule has 1 fully saturated rings. The number of nitrogens with zero attached hydrogens (tertiary/aromatic N) is 2. The first-order valence-electron chi connectivity index (χ1n) is 6.65. The molecule has 1 N–H and O–H groups in total. The molecule has 1 aliphatic heterocycles. The molecule has 7 heteroatoms. The number of aliphatic hydroxyl groups is 1. The third-order valence-corrected chi connectivity index (χ3v) is 5.68. The maximum atomic E-state index is 12.8. The van der Waals surface area contributed by atoms with E-state index >= 15 is 0 Å². The smallest absolute Gasteiger partial charge is 0.243 e. The van der Waals surface area contributed by atoms with Crippen molar-refractivity contribution < 1.29 is 18.3 Å². The Morgan fingerprint density at radius 1 is 1.52 bits per heavy atom. The molecular formula is C14H18N2O4S. The van der Waals surface area contributed by atoms with E-state index in [1.165, 1.54) is 10.4 Å².